The lowest BCUT2D eigenvalue weighted by molar-refractivity contribution is -0.123. The lowest BCUT2D eigenvalue weighted by Crippen LogP contribution is -2.37. The zero-order valence-electron chi connectivity index (χ0n) is 19.2. The smallest absolute Gasteiger partial charge is 0.303 e. The first kappa shape index (κ1) is 21.5. The van der Waals surface area contributed by atoms with Gasteiger partial charge >= 0.3 is 5.91 Å². The molecule has 8 nitrogen and oxygen atoms in total. The maximum absolute atomic E-state index is 14.8. The minimum Gasteiger partial charge on any atom is -0.378 e. The molecule has 2 aromatic heterocycles. The van der Waals surface area contributed by atoms with E-state index >= 15 is 0 Å². The van der Waals surface area contributed by atoms with Gasteiger partial charge in [-0.05, 0) is 24.1 Å². The van der Waals surface area contributed by atoms with Crippen LogP contribution in [0.4, 0.5) is 15.9 Å². The molecule has 6 rings (SSSR count). The molecular weight excluding hydrogens is 447 g/mol. The van der Waals surface area contributed by atoms with Crippen molar-refractivity contribution in [3.63, 3.8) is 0 Å². The predicted octanol–water partition coefficient (Wildman–Crippen LogP) is 5.10. The number of alkyl halides is 1. The lowest BCUT2D eigenvalue weighted by atomic mass is 9.98. The standard InChI is InChI=1S/C26H23FN6O2/c1-2-16-3-5-17(6-4-16)22-23(18-7-8-20-19(15-18)21(27)26(34)31-30-20)33-10-9-28-24(25(33)29-22)32-11-13-35-14-12-32/h3-10,15,21H,2,11-14H2,1H3. The number of hydrogen-bond acceptors (Lipinski definition) is 6. The molecule has 2 aliphatic heterocycles. The molecule has 176 valence electrons. The van der Waals surface area contributed by atoms with Crippen LogP contribution < -0.4 is 4.90 Å². The monoisotopic (exact) mass is 470 g/mol. The third-order valence-electron chi connectivity index (χ3n) is 6.52. The zero-order valence-corrected chi connectivity index (χ0v) is 19.2. The first-order chi connectivity index (χ1) is 17.1. The molecule has 4 aromatic rings. The van der Waals surface area contributed by atoms with Gasteiger partial charge in [0.25, 0.3) is 0 Å². The second kappa shape index (κ2) is 8.66. The van der Waals surface area contributed by atoms with E-state index in [-0.39, 0.29) is 5.56 Å². The summed E-state index contributed by atoms with van der Waals surface area (Å²) >= 11 is 0. The lowest BCUT2D eigenvalue weighted by Gasteiger charge is -2.27. The minimum absolute atomic E-state index is 0.215. The van der Waals surface area contributed by atoms with E-state index in [0.29, 0.717) is 24.5 Å². The molecule has 0 aliphatic carbocycles. The minimum atomic E-state index is -1.83. The van der Waals surface area contributed by atoms with E-state index in [2.05, 4.69) is 51.3 Å². The van der Waals surface area contributed by atoms with Crippen LogP contribution in [-0.4, -0.2) is 46.6 Å². The molecule has 35 heavy (non-hydrogen) atoms. The molecule has 0 radical (unpaired) electrons. The van der Waals surface area contributed by atoms with Crippen molar-refractivity contribution in [3.8, 4) is 22.5 Å². The van der Waals surface area contributed by atoms with Crippen LogP contribution in [0.15, 0.2) is 65.1 Å². The second-order valence-electron chi connectivity index (χ2n) is 8.58. The Balaban J connectivity index is 1.58. The fraction of sp³-hybridized carbons (Fsp3) is 0.269. The van der Waals surface area contributed by atoms with Gasteiger partial charge in [-0.15, -0.1) is 10.2 Å². The topological polar surface area (TPSA) is 84.5 Å². The van der Waals surface area contributed by atoms with E-state index in [1.807, 2.05) is 16.7 Å². The van der Waals surface area contributed by atoms with Crippen LogP contribution in [0.2, 0.25) is 0 Å². The van der Waals surface area contributed by atoms with Crippen molar-refractivity contribution in [1.29, 1.82) is 0 Å². The summed E-state index contributed by atoms with van der Waals surface area (Å²) in [4.78, 5) is 23.7. The number of fused-ring (bicyclic) bond motifs is 2. The summed E-state index contributed by atoms with van der Waals surface area (Å²) in [6, 6.07) is 13.5. The van der Waals surface area contributed by atoms with Crippen molar-refractivity contribution >= 4 is 23.1 Å². The Hall–Kier alpha value is -3.98. The molecule has 4 heterocycles. The molecule has 0 saturated carbocycles. The van der Waals surface area contributed by atoms with E-state index < -0.39 is 12.1 Å². The summed E-state index contributed by atoms with van der Waals surface area (Å²) in [6.07, 6.45) is 2.72. The van der Waals surface area contributed by atoms with Crippen LogP contribution in [-0.2, 0) is 16.0 Å². The molecule has 0 spiro atoms. The van der Waals surface area contributed by atoms with Crippen LogP contribution in [0.25, 0.3) is 28.2 Å². The number of azo groups is 1. The number of benzene rings is 2. The Kier molecular flexibility index (Phi) is 5.33. The normalized spacial score (nSPS) is 17.7. The molecule has 2 aromatic carbocycles. The number of halogens is 1. The van der Waals surface area contributed by atoms with Crippen LogP contribution >= 0.6 is 0 Å². The van der Waals surface area contributed by atoms with Gasteiger partial charge in [0.15, 0.2) is 11.5 Å². The maximum Gasteiger partial charge on any atom is 0.303 e. The van der Waals surface area contributed by atoms with Crippen molar-refractivity contribution in [3.05, 3.63) is 66.0 Å². The van der Waals surface area contributed by atoms with Crippen molar-refractivity contribution in [2.45, 2.75) is 19.5 Å². The quantitative estimate of drug-likeness (QED) is 0.414. The third-order valence-corrected chi connectivity index (χ3v) is 6.52. The molecule has 0 N–H and O–H groups in total. The Morgan fingerprint density at radius 2 is 1.83 bits per heavy atom. The maximum atomic E-state index is 14.8. The molecule has 9 heteroatoms. The molecule has 1 saturated heterocycles. The fourth-order valence-electron chi connectivity index (χ4n) is 4.62. The number of ether oxygens (including phenoxy) is 1. The van der Waals surface area contributed by atoms with E-state index in [9.17, 15) is 9.18 Å². The molecule has 1 unspecified atom stereocenters. The number of carbonyl (C=O) groups is 1. The molecule has 2 aliphatic rings. The molecule has 0 bridgehead atoms. The highest BCUT2D eigenvalue weighted by molar-refractivity contribution is 5.89. The zero-order chi connectivity index (χ0) is 23.9. The van der Waals surface area contributed by atoms with Gasteiger partial charge in [-0.3, -0.25) is 9.20 Å². The van der Waals surface area contributed by atoms with Gasteiger partial charge in [0.1, 0.15) is 0 Å². The third kappa shape index (κ3) is 3.68. The van der Waals surface area contributed by atoms with Crippen molar-refractivity contribution in [2.75, 3.05) is 31.2 Å². The van der Waals surface area contributed by atoms with Gasteiger partial charge in [-0.1, -0.05) is 37.3 Å². The van der Waals surface area contributed by atoms with Crippen LogP contribution in [0.3, 0.4) is 0 Å². The van der Waals surface area contributed by atoms with Crippen LogP contribution in [0.1, 0.15) is 24.2 Å². The average Bonchev–Trinajstić information content (AvgIpc) is 3.31. The number of hydrogen-bond donors (Lipinski definition) is 0. The number of amides is 1. The van der Waals surface area contributed by atoms with Gasteiger partial charge in [-0.25, -0.2) is 14.4 Å². The van der Waals surface area contributed by atoms with Gasteiger partial charge in [0.2, 0.25) is 6.17 Å². The predicted molar refractivity (Wildman–Crippen MR) is 130 cm³/mol. The highest BCUT2D eigenvalue weighted by Crippen LogP contribution is 2.40. The van der Waals surface area contributed by atoms with E-state index in [4.69, 9.17) is 9.72 Å². The number of anilines is 1. The van der Waals surface area contributed by atoms with Crippen LogP contribution in [0.5, 0.6) is 0 Å². The highest BCUT2D eigenvalue weighted by atomic mass is 19.1. The molecule has 1 fully saturated rings. The van der Waals surface area contributed by atoms with E-state index in [0.717, 1.165) is 47.8 Å². The Labute approximate surface area is 201 Å². The Morgan fingerprint density at radius 3 is 2.60 bits per heavy atom. The number of rotatable bonds is 4. The Bertz CT molecular complexity index is 1460. The summed E-state index contributed by atoms with van der Waals surface area (Å²) in [5.41, 5.74) is 5.75. The van der Waals surface area contributed by atoms with E-state index in [1.165, 1.54) is 5.56 Å². The van der Waals surface area contributed by atoms with Crippen molar-refractivity contribution in [2.24, 2.45) is 10.2 Å². The first-order valence-electron chi connectivity index (χ1n) is 11.7. The number of aryl methyl sites for hydroxylation is 1. The van der Waals surface area contributed by atoms with Gasteiger partial charge < -0.3 is 9.64 Å². The summed E-state index contributed by atoms with van der Waals surface area (Å²) < 4.78 is 22.3. The molecular formula is C26H23FN6O2. The van der Waals surface area contributed by atoms with Crippen molar-refractivity contribution in [1.82, 2.24) is 14.4 Å². The summed E-state index contributed by atoms with van der Waals surface area (Å²) in [6.45, 7) is 4.83. The molecule has 1 atom stereocenters. The fourth-order valence-corrected chi connectivity index (χ4v) is 4.62. The number of aromatic nitrogens is 3. The van der Waals surface area contributed by atoms with Gasteiger partial charge in [0, 0.05) is 42.2 Å². The van der Waals surface area contributed by atoms with Gasteiger partial charge in [0.05, 0.1) is 30.3 Å². The number of imidazole rings is 1. The van der Waals surface area contributed by atoms with E-state index in [1.54, 1.807) is 18.3 Å². The number of morpholine rings is 1. The summed E-state index contributed by atoms with van der Waals surface area (Å²) in [7, 11) is 0. The number of nitrogens with zero attached hydrogens (tertiary/aromatic N) is 6. The molecule has 1 amide bonds. The Morgan fingerprint density at radius 1 is 1.06 bits per heavy atom. The van der Waals surface area contributed by atoms with Gasteiger partial charge in [-0.2, -0.15) is 0 Å². The SMILES string of the molecule is CCc1ccc(-c2nc3c(N4CCOCC4)nccn3c2-c2ccc3c(c2)C(F)C(=O)N=N3)cc1. The highest BCUT2D eigenvalue weighted by Gasteiger charge is 2.29. The van der Waals surface area contributed by atoms with Crippen molar-refractivity contribution < 1.29 is 13.9 Å². The van der Waals surface area contributed by atoms with Crippen LogP contribution in [0, 0.1) is 0 Å². The number of carbonyl (C=O) groups excluding carboxylic acids is 1. The summed E-state index contributed by atoms with van der Waals surface area (Å²) in [5, 5.41) is 7.28. The first-order valence-corrected chi connectivity index (χ1v) is 11.7. The average molecular weight is 471 g/mol. The second-order valence-corrected chi connectivity index (χ2v) is 8.58. The summed E-state index contributed by atoms with van der Waals surface area (Å²) in [5.74, 6) is -0.110. The largest absolute Gasteiger partial charge is 0.378 e.